The zero-order valence-electron chi connectivity index (χ0n) is 9.16. The second-order valence-corrected chi connectivity index (χ2v) is 4.25. The number of pyridine rings is 1. The highest BCUT2D eigenvalue weighted by Crippen LogP contribution is 2.36. The van der Waals surface area contributed by atoms with Crippen molar-refractivity contribution in [2.75, 3.05) is 0 Å². The van der Waals surface area contributed by atoms with Gasteiger partial charge < -0.3 is 4.57 Å². The fourth-order valence-corrected chi connectivity index (χ4v) is 2.19. The summed E-state index contributed by atoms with van der Waals surface area (Å²) < 4.78 is 39.7. The lowest BCUT2D eigenvalue weighted by atomic mass is 10.0. The van der Waals surface area contributed by atoms with Gasteiger partial charge in [0.2, 0.25) is 0 Å². The summed E-state index contributed by atoms with van der Waals surface area (Å²) in [5.74, 6) is 0. The predicted molar refractivity (Wildman–Crippen MR) is 60.2 cm³/mol. The summed E-state index contributed by atoms with van der Waals surface area (Å²) in [7, 11) is 0. The van der Waals surface area contributed by atoms with E-state index in [4.69, 9.17) is 0 Å². The number of aromatic nitrogens is 1. The monoisotopic (exact) mass is 251 g/mol. The van der Waals surface area contributed by atoms with Gasteiger partial charge in [-0.1, -0.05) is 6.07 Å². The first kappa shape index (κ1) is 11.1. The van der Waals surface area contributed by atoms with Gasteiger partial charge in [0.1, 0.15) is 0 Å². The standard InChI is InChI=1S/C13H8F3NO/c14-13(15,16)9-2-1-8-7-17-4-3-10(18)6-12(17)11(8)5-9/h1-6H,7H2. The summed E-state index contributed by atoms with van der Waals surface area (Å²) in [6, 6.07) is 6.42. The average molecular weight is 251 g/mol. The van der Waals surface area contributed by atoms with E-state index in [1.54, 1.807) is 10.8 Å². The highest BCUT2D eigenvalue weighted by Gasteiger charge is 2.32. The lowest BCUT2D eigenvalue weighted by Gasteiger charge is -2.08. The van der Waals surface area contributed by atoms with Gasteiger partial charge in [0.05, 0.1) is 11.3 Å². The summed E-state index contributed by atoms with van der Waals surface area (Å²) in [5.41, 5.74) is 0.942. The Morgan fingerprint density at radius 3 is 2.61 bits per heavy atom. The molecule has 0 saturated heterocycles. The Bertz CT molecular complexity index is 685. The molecule has 0 atom stereocenters. The first-order valence-corrected chi connectivity index (χ1v) is 5.36. The third-order valence-corrected chi connectivity index (χ3v) is 3.06. The van der Waals surface area contributed by atoms with Crippen molar-refractivity contribution in [3.63, 3.8) is 0 Å². The normalized spacial score (nSPS) is 13.3. The molecule has 1 aromatic heterocycles. The number of hydrogen-bond donors (Lipinski definition) is 0. The van der Waals surface area contributed by atoms with Gasteiger partial charge in [-0.05, 0) is 17.7 Å². The van der Waals surface area contributed by atoms with Gasteiger partial charge in [-0.25, -0.2) is 0 Å². The van der Waals surface area contributed by atoms with Crippen LogP contribution in [0.2, 0.25) is 0 Å². The molecule has 0 spiro atoms. The summed E-state index contributed by atoms with van der Waals surface area (Å²) in [6.45, 7) is 0.503. The van der Waals surface area contributed by atoms with Gasteiger partial charge in [-0.3, -0.25) is 4.79 Å². The molecule has 0 saturated carbocycles. The molecule has 1 aromatic carbocycles. The minimum atomic E-state index is -4.36. The molecule has 0 unspecified atom stereocenters. The summed E-state index contributed by atoms with van der Waals surface area (Å²) in [5, 5.41) is 0. The van der Waals surface area contributed by atoms with Crippen LogP contribution in [0.1, 0.15) is 11.1 Å². The number of alkyl halides is 3. The second-order valence-electron chi connectivity index (χ2n) is 4.25. The Hall–Kier alpha value is -2.04. The van der Waals surface area contributed by atoms with Crippen molar-refractivity contribution in [1.29, 1.82) is 0 Å². The molecule has 18 heavy (non-hydrogen) atoms. The van der Waals surface area contributed by atoms with Crippen molar-refractivity contribution in [2.24, 2.45) is 0 Å². The maximum Gasteiger partial charge on any atom is 0.416 e. The van der Waals surface area contributed by atoms with Crippen LogP contribution >= 0.6 is 0 Å². The first-order valence-electron chi connectivity index (χ1n) is 5.36. The number of nitrogens with zero attached hydrogens (tertiary/aromatic N) is 1. The minimum Gasteiger partial charge on any atom is -0.343 e. The van der Waals surface area contributed by atoms with E-state index in [0.29, 0.717) is 17.8 Å². The molecule has 1 aliphatic rings. The topological polar surface area (TPSA) is 22.0 Å². The summed E-state index contributed by atoms with van der Waals surface area (Å²) >= 11 is 0. The van der Waals surface area contributed by atoms with Gasteiger partial charge in [-0.15, -0.1) is 0 Å². The van der Waals surface area contributed by atoms with Crippen LogP contribution in [-0.2, 0) is 12.7 Å². The van der Waals surface area contributed by atoms with E-state index in [0.717, 1.165) is 17.7 Å². The van der Waals surface area contributed by atoms with Crippen molar-refractivity contribution >= 4 is 0 Å². The van der Waals surface area contributed by atoms with Crippen LogP contribution in [0.15, 0.2) is 41.3 Å². The molecular weight excluding hydrogens is 243 g/mol. The van der Waals surface area contributed by atoms with Gasteiger partial charge in [-0.2, -0.15) is 13.2 Å². The third kappa shape index (κ3) is 1.63. The van der Waals surface area contributed by atoms with Crippen LogP contribution in [0.3, 0.4) is 0 Å². The van der Waals surface area contributed by atoms with Crippen molar-refractivity contribution < 1.29 is 13.2 Å². The molecule has 0 bridgehead atoms. The predicted octanol–water partition coefficient (Wildman–Crippen LogP) is 2.90. The maximum absolute atomic E-state index is 12.6. The lowest BCUT2D eigenvalue weighted by Crippen LogP contribution is -2.05. The van der Waals surface area contributed by atoms with Crippen LogP contribution in [0.4, 0.5) is 13.2 Å². The molecule has 5 heteroatoms. The van der Waals surface area contributed by atoms with E-state index in [1.807, 2.05) is 0 Å². The Balaban J connectivity index is 2.22. The van der Waals surface area contributed by atoms with Crippen molar-refractivity contribution in [3.8, 4) is 11.3 Å². The maximum atomic E-state index is 12.6. The van der Waals surface area contributed by atoms with Gasteiger partial charge >= 0.3 is 6.18 Å². The zero-order chi connectivity index (χ0) is 12.9. The fourth-order valence-electron chi connectivity index (χ4n) is 2.19. The van der Waals surface area contributed by atoms with E-state index >= 15 is 0 Å². The van der Waals surface area contributed by atoms with Crippen molar-refractivity contribution in [3.05, 3.63) is 57.9 Å². The van der Waals surface area contributed by atoms with E-state index in [1.165, 1.54) is 18.2 Å². The smallest absolute Gasteiger partial charge is 0.343 e. The Kier molecular flexibility index (Phi) is 2.14. The van der Waals surface area contributed by atoms with E-state index in [-0.39, 0.29) is 5.43 Å². The van der Waals surface area contributed by atoms with E-state index in [2.05, 4.69) is 0 Å². The molecule has 0 N–H and O–H groups in total. The molecule has 92 valence electrons. The zero-order valence-corrected chi connectivity index (χ0v) is 9.16. The quantitative estimate of drug-likeness (QED) is 0.602. The first-order chi connectivity index (χ1) is 8.45. The van der Waals surface area contributed by atoms with Gasteiger partial charge in [0, 0.05) is 30.4 Å². The molecule has 0 radical (unpaired) electrons. The largest absolute Gasteiger partial charge is 0.416 e. The highest BCUT2D eigenvalue weighted by atomic mass is 19.4. The fraction of sp³-hybridized carbons (Fsp3) is 0.154. The highest BCUT2D eigenvalue weighted by molar-refractivity contribution is 5.68. The molecule has 0 aliphatic carbocycles. The van der Waals surface area contributed by atoms with Crippen LogP contribution in [-0.4, -0.2) is 4.57 Å². The molecule has 0 fully saturated rings. The molecule has 3 rings (SSSR count). The number of benzene rings is 1. The third-order valence-electron chi connectivity index (χ3n) is 3.06. The van der Waals surface area contributed by atoms with E-state index in [9.17, 15) is 18.0 Å². The SMILES string of the molecule is O=c1ccn2c(c1)-c1cc(C(F)(F)F)ccc1C2. The summed E-state index contributed by atoms with van der Waals surface area (Å²) in [4.78, 5) is 11.3. The van der Waals surface area contributed by atoms with Gasteiger partial charge in [0.25, 0.3) is 0 Å². The Morgan fingerprint density at radius 1 is 1.11 bits per heavy atom. The minimum absolute atomic E-state index is 0.202. The van der Waals surface area contributed by atoms with E-state index < -0.39 is 11.7 Å². The van der Waals surface area contributed by atoms with Crippen LogP contribution in [0, 0.1) is 0 Å². The summed E-state index contributed by atoms with van der Waals surface area (Å²) in [6.07, 6.45) is -2.76. The number of hydrogen-bond acceptors (Lipinski definition) is 1. The van der Waals surface area contributed by atoms with Crippen molar-refractivity contribution in [2.45, 2.75) is 12.7 Å². The average Bonchev–Trinajstić information content (AvgIpc) is 2.65. The molecule has 2 nitrogen and oxygen atoms in total. The lowest BCUT2D eigenvalue weighted by molar-refractivity contribution is -0.137. The van der Waals surface area contributed by atoms with Crippen LogP contribution in [0.5, 0.6) is 0 Å². The number of halogens is 3. The molecule has 1 aliphatic heterocycles. The molecular formula is C13H8F3NO. The molecule has 2 aromatic rings. The molecule has 0 amide bonds. The number of rotatable bonds is 0. The van der Waals surface area contributed by atoms with Crippen LogP contribution < -0.4 is 5.43 Å². The van der Waals surface area contributed by atoms with Crippen LogP contribution in [0.25, 0.3) is 11.3 Å². The number of fused-ring (bicyclic) bond motifs is 3. The van der Waals surface area contributed by atoms with Crippen molar-refractivity contribution in [1.82, 2.24) is 4.57 Å². The second kappa shape index (κ2) is 3.48. The Morgan fingerprint density at radius 2 is 1.89 bits per heavy atom. The molecule has 2 heterocycles. The Labute approximate surface area is 100 Å². The van der Waals surface area contributed by atoms with Gasteiger partial charge in [0.15, 0.2) is 5.43 Å².